The number of ether oxygens (including phenoxy) is 2. The van der Waals surface area contributed by atoms with Crippen molar-refractivity contribution in [3.05, 3.63) is 58.1 Å². The summed E-state index contributed by atoms with van der Waals surface area (Å²) >= 11 is 3.54. The molecule has 0 bridgehead atoms. The molecule has 0 saturated heterocycles. The van der Waals surface area contributed by atoms with Gasteiger partial charge in [0.25, 0.3) is 0 Å². The number of nitrogens with one attached hydrogen (secondary N) is 1. The molecule has 0 heterocycles. The molecule has 0 atom stereocenters. The van der Waals surface area contributed by atoms with Gasteiger partial charge in [-0.15, -0.1) is 0 Å². The normalized spacial score (nSPS) is 10.4. The average molecular weight is 350 g/mol. The lowest BCUT2D eigenvalue weighted by atomic mass is 10.1. The Morgan fingerprint density at radius 2 is 1.76 bits per heavy atom. The Hall–Kier alpha value is -1.52. The molecule has 0 unspecified atom stereocenters. The molecule has 0 spiro atoms. The third-order valence-corrected chi connectivity index (χ3v) is 3.98. The van der Waals surface area contributed by atoms with Crippen LogP contribution in [0.4, 0.5) is 0 Å². The Bertz CT molecular complexity index is 570. The molecule has 1 N–H and O–H groups in total. The predicted molar refractivity (Wildman–Crippen MR) is 89.1 cm³/mol. The van der Waals surface area contributed by atoms with E-state index in [4.69, 9.17) is 9.47 Å². The molecule has 0 saturated carbocycles. The SMILES string of the molecule is CNCc1cc(OCCc2ccc(OC)cc2)ccc1Br. The maximum Gasteiger partial charge on any atom is 0.119 e. The van der Waals surface area contributed by atoms with Gasteiger partial charge in [0.15, 0.2) is 0 Å². The second-order valence-electron chi connectivity index (χ2n) is 4.73. The van der Waals surface area contributed by atoms with Gasteiger partial charge >= 0.3 is 0 Å². The second kappa shape index (κ2) is 8.05. The third kappa shape index (κ3) is 4.76. The number of rotatable bonds is 7. The fraction of sp³-hybridized carbons (Fsp3) is 0.294. The van der Waals surface area contributed by atoms with E-state index in [2.05, 4.69) is 39.4 Å². The second-order valence-corrected chi connectivity index (χ2v) is 5.58. The zero-order chi connectivity index (χ0) is 15.1. The first-order chi connectivity index (χ1) is 10.2. The van der Waals surface area contributed by atoms with Crippen molar-refractivity contribution >= 4 is 15.9 Å². The Kier molecular flexibility index (Phi) is 6.08. The fourth-order valence-electron chi connectivity index (χ4n) is 2.05. The molecule has 2 aromatic rings. The molecule has 0 aliphatic rings. The van der Waals surface area contributed by atoms with Crippen LogP contribution in [0, 0.1) is 0 Å². The average Bonchev–Trinajstić information content (AvgIpc) is 2.51. The van der Waals surface area contributed by atoms with Gasteiger partial charge in [-0.2, -0.15) is 0 Å². The molecular weight excluding hydrogens is 330 g/mol. The van der Waals surface area contributed by atoms with Gasteiger partial charge in [-0.3, -0.25) is 0 Å². The summed E-state index contributed by atoms with van der Waals surface area (Å²) in [5, 5.41) is 3.15. The van der Waals surface area contributed by atoms with E-state index in [1.807, 2.05) is 31.3 Å². The minimum atomic E-state index is 0.660. The van der Waals surface area contributed by atoms with Crippen LogP contribution in [0.5, 0.6) is 11.5 Å². The highest BCUT2D eigenvalue weighted by Crippen LogP contribution is 2.22. The summed E-state index contributed by atoms with van der Waals surface area (Å²) in [6, 6.07) is 14.1. The van der Waals surface area contributed by atoms with Crippen molar-refractivity contribution in [2.24, 2.45) is 0 Å². The first-order valence-electron chi connectivity index (χ1n) is 6.91. The molecule has 0 fully saturated rings. The van der Waals surface area contributed by atoms with Crippen LogP contribution in [-0.4, -0.2) is 20.8 Å². The van der Waals surface area contributed by atoms with Gasteiger partial charge in [-0.1, -0.05) is 28.1 Å². The summed E-state index contributed by atoms with van der Waals surface area (Å²) in [4.78, 5) is 0. The van der Waals surface area contributed by atoms with Crippen LogP contribution in [0.25, 0.3) is 0 Å². The first kappa shape index (κ1) is 15.9. The van der Waals surface area contributed by atoms with E-state index in [9.17, 15) is 0 Å². The van der Waals surface area contributed by atoms with Gasteiger partial charge in [-0.25, -0.2) is 0 Å². The maximum absolute atomic E-state index is 5.83. The number of hydrogen-bond acceptors (Lipinski definition) is 3. The lowest BCUT2D eigenvalue weighted by Crippen LogP contribution is -2.07. The number of benzene rings is 2. The summed E-state index contributed by atoms with van der Waals surface area (Å²) < 4.78 is 12.1. The largest absolute Gasteiger partial charge is 0.497 e. The van der Waals surface area contributed by atoms with Gasteiger partial charge in [0.2, 0.25) is 0 Å². The highest BCUT2D eigenvalue weighted by molar-refractivity contribution is 9.10. The highest BCUT2D eigenvalue weighted by Gasteiger charge is 2.02. The molecule has 4 heteroatoms. The molecule has 0 radical (unpaired) electrons. The molecule has 2 rings (SSSR count). The molecule has 0 aromatic heterocycles. The monoisotopic (exact) mass is 349 g/mol. The summed E-state index contributed by atoms with van der Waals surface area (Å²) in [6.45, 7) is 1.48. The Balaban J connectivity index is 1.89. The Labute approximate surface area is 134 Å². The molecule has 0 amide bonds. The molecule has 3 nitrogen and oxygen atoms in total. The molecule has 2 aromatic carbocycles. The summed E-state index contributed by atoms with van der Waals surface area (Å²) in [5.74, 6) is 1.78. The van der Waals surface area contributed by atoms with E-state index in [1.165, 1.54) is 11.1 Å². The van der Waals surface area contributed by atoms with E-state index in [0.717, 1.165) is 28.9 Å². The van der Waals surface area contributed by atoms with Crippen molar-refractivity contribution in [3.63, 3.8) is 0 Å². The topological polar surface area (TPSA) is 30.5 Å². The van der Waals surface area contributed by atoms with E-state index < -0.39 is 0 Å². The van der Waals surface area contributed by atoms with E-state index in [-0.39, 0.29) is 0 Å². The molecule has 112 valence electrons. The zero-order valence-corrected chi connectivity index (χ0v) is 13.9. The van der Waals surface area contributed by atoms with Crippen LogP contribution in [0.1, 0.15) is 11.1 Å². The van der Waals surface area contributed by atoms with Gasteiger partial charge in [0.1, 0.15) is 11.5 Å². The van der Waals surface area contributed by atoms with Crippen LogP contribution < -0.4 is 14.8 Å². The molecule has 0 aliphatic carbocycles. The van der Waals surface area contributed by atoms with E-state index in [0.29, 0.717) is 6.61 Å². The minimum absolute atomic E-state index is 0.660. The van der Waals surface area contributed by atoms with Gasteiger partial charge < -0.3 is 14.8 Å². The predicted octanol–water partition coefficient (Wildman–Crippen LogP) is 3.80. The molecular formula is C17H20BrNO2. The summed E-state index contributed by atoms with van der Waals surface area (Å²) in [6.07, 6.45) is 0.876. The maximum atomic E-state index is 5.83. The van der Waals surface area contributed by atoms with E-state index >= 15 is 0 Å². The number of methoxy groups -OCH3 is 1. The van der Waals surface area contributed by atoms with Gasteiger partial charge in [0.05, 0.1) is 13.7 Å². The number of hydrogen-bond donors (Lipinski definition) is 1. The quantitative estimate of drug-likeness (QED) is 0.824. The van der Waals surface area contributed by atoms with E-state index in [1.54, 1.807) is 7.11 Å². The zero-order valence-electron chi connectivity index (χ0n) is 12.4. The third-order valence-electron chi connectivity index (χ3n) is 3.20. The minimum Gasteiger partial charge on any atom is -0.497 e. The van der Waals surface area contributed by atoms with Crippen molar-refractivity contribution in [2.75, 3.05) is 20.8 Å². The van der Waals surface area contributed by atoms with Crippen molar-refractivity contribution in [3.8, 4) is 11.5 Å². The van der Waals surface area contributed by atoms with Crippen molar-refractivity contribution in [2.45, 2.75) is 13.0 Å². The Morgan fingerprint density at radius 1 is 1.05 bits per heavy atom. The van der Waals surface area contributed by atoms with Crippen LogP contribution >= 0.6 is 15.9 Å². The van der Waals surface area contributed by atoms with Crippen LogP contribution in [0.3, 0.4) is 0 Å². The van der Waals surface area contributed by atoms with Crippen LogP contribution in [0.2, 0.25) is 0 Å². The smallest absolute Gasteiger partial charge is 0.119 e. The van der Waals surface area contributed by atoms with Crippen molar-refractivity contribution in [1.82, 2.24) is 5.32 Å². The van der Waals surface area contributed by atoms with Crippen LogP contribution in [-0.2, 0) is 13.0 Å². The summed E-state index contributed by atoms with van der Waals surface area (Å²) in [5.41, 5.74) is 2.43. The first-order valence-corrected chi connectivity index (χ1v) is 7.71. The van der Waals surface area contributed by atoms with Gasteiger partial charge in [-0.05, 0) is 48.5 Å². The summed E-state index contributed by atoms with van der Waals surface area (Å²) in [7, 11) is 3.61. The fourth-order valence-corrected chi connectivity index (χ4v) is 2.43. The standard InChI is InChI=1S/C17H20BrNO2/c1-19-12-14-11-16(7-8-17(14)18)21-10-9-13-3-5-15(20-2)6-4-13/h3-8,11,19H,9-10,12H2,1-2H3. The Morgan fingerprint density at radius 3 is 2.43 bits per heavy atom. The lowest BCUT2D eigenvalue weighted by molar-refractivity contribution is 0.321. The molecule has 0 aliphatic heterocycles. The molecule has 21 heavy (non-hydrogen) atoms. The van der Waals surface area contributed by atoms with Crippen molar-refractivity contribution < 1.29 is 9.47 Å². The van der Waals surface area contributed by atoms with Gasteiger partial charge in [0, 0.05) is 17.4 Å². The lowest BCUT2D eigenvalue weighted by Gasteiger charge is -2.10. The van der Waals surface area contributed by atoms with Crippen LogP contribution in [0.15, 0.2) is 46.9 Å². The number of halogens is 1. The van der Waals surface area contributed by atoms with Crippen molar-refractivity contribution in [1.29, 1.82) is 0 Å². The highest BCUT2D eigenvalue weighted by atomic mass is 79.9.